The Bertz CT molecular complexity index is 880. The lowest BCUT2D eigenvalue weighted by molar-refractivity contribution is -0.142. The molecule has 1 aliphatic heterocycles. The van der Waals surface area contributed by atoms with E-state index in [0.29, 0.717) is 10.8 Å². The number of benzene rings is 1. The molecule has 1 aromatic carbocycles. The van der Waals surface area contributed by atoms with Crippen LogP contribution >= 0.6 is 0 Å². The van der Waals surface area contributed by atoms with Crippen LogP contribution < -0.4 is 4.74 Å². The molecule has 2 atom stereocenters. The van der Waals surface area contributed by atoms with Gasteiger partial charge in [-0.15, -0.1) is 0 Å². The molecular weight excluding hydrogens is 355 g/mol. The number of carboxylic acid groups (broad SMARTS) is 1. The summed E-state index contributed by atoms with van der Waals surface area (Å²) in [6.45, 7) is 5.16. The number of halogens is 1. The van der Waals surface area contributed by atoms with E-state index in [0.717, 1.165) is 4.90 Å². The average molecular weight is 376 g/mol. The van der Waals surface area contributed by atoms with E-state index in [2.05, 4.69) is 4.98 Å². The van der Waals surface area contributed by atoms with Gasteiger partial charge in [0.05, 0.1) is 6.54 Å². The molecule has 0 aliphatic carbocycles. The predicted octanol–water partition coefficient (Wildman–Crippen LogP) is 3.22. The number of ether oxygens (including phenoxy) is 2. The molecule has 1 amide bonds. The summed E-state index contributed by atoms with van der Waals surface area (Å²) in [5, 5.41) is 10.3. The lowest BCUT2D eigenvalue weighted by Crippen LogP contribution is -2.43. The number of nitrogens with zero attached hydrogens (tertiary/aromatic N) is 2. The Hall–Kier alpha value is -2.90. The van der Waals surface area contributed by atoms with Gasteiger partial charge in [-0.05, 0) is 39.0 Å². The van der Waals surface area contributed by atoms with Crippen molar-refractivity contribution in [3.05, 3.63) is 36.3 Å². The van der Waals surface area contributed by atoms with Crippen LogP contribution in [-0.2, 0) is 9.53 Å². The molecule has 1 N–H and O–H groups in total. The summed E-state index contributed by atoms with van der Waals surface area (Å²) < 4.78 is 25.1. The van der Waals surface area contributed by atoms with Gasteiger partial charge in [0.15, 0.2) is 0 Å². The van der Waals surface area contributed by atoms with Gasteiger partial charge < -0.3 is 14.6 Å². The van der Waals surface area contributed by atoms with Crippen LogP contribution in [-0.4, -0.2) is 51.3 Å². The molecule has 0 spiro atoms. The van der Waals surface area contributed by atoms with Crippen molar-refractivity contribution < 1.29 is 28.6 Å². The first kappa shape index (κ1) is 18.9. The molecule has 7 nitrogen and oxygen atoms in total. The topological polar surface area (TPSA) is 89.0 Å². The summed E-state index contributed by atoms with van der Waals surface area (Å²) in [6, 6.07) is 5.05. The third-order valence-electron chi connectivity index (χ3n) is 4.17. The molecule has 1 fully saturated rings. The van der Waals surface area contributed by atoms with E-state index < -0.39 is 35.6 Å². The number of carboxylic acids is 1. The standard InChI is InChI=1S/C19H21FN2O5/c1-19(2,3)27-18(25)22-10-11(9-15(22)17(23)24)26-16-13-5-4-6-14(20)12(13)7-8-21-16/h4-8,11,15H,9-10H2,1-3H3,(H,23,24). The molecule has 144 valence electrons. The van der Waals surface area contributed by atoms with Crippen molar-refractivity contribution in [1.29, 1.82) is 0 Å². The van der Waals surface area contributed by atoms with E-state index in [1.807, 2.05) is 0 Å². The van der Waals surface area contributed by atoms with E-state index in [-0.39, 0.29) is 18.8 Å². The van der Waals surface area contributed by atoms with Crippen LogP contribution in [0.2, 0.25) is 0 Å². The molecule has 8 heteroatoms. The van der Waals surface area contributed by atoms with Crippen molar-refractivity contribution >= 4 is 22.8 Å². The number of hydrogen-bond donors (Lipinski definition) is 1. The number of aromatic nitrogens is 1. The van der Waals surface area contributed by atoms with Crippen molar-refractivity contribution in [2.75, 3.05) is 6.54 Å². The minimum atomic E-state index is -1.14. The van der Waals surface area contributed by atoms with Crippen molar-refractivity contribution in [3.63, 3.8) is 0 Å². The monoisotopic (exact) mass is 376 g/mol. The highest BCUT2D eigenvalue weighted by Gasteiger charge is 2.43. The molecule has 1 aliphatic rings. The first-order valence-electron chi connectivity index (χ1n) is 8.58. The van der Waals surface area contributed by atoms with E-state index >= 15 is 0 Å². The van der Waals surface area contributed by atoms with E-state index in [9.17, 15) is 19.1 Å². The summed E-state index contributed by atoms with van der Waals surface area (Å²) in [5.74, 6) is -1.33. The van der Waals surface area contributed by atoms with Gasteiger partial charge in [-0.1, -0.05) is 6.07 Å². The molecule has 27 heavy (non-hydrogen) atoms. The number of hydrogen-bond acceptors (Lipinski definition) is 5. The first-order chi connectivity index (χ1) is 12.7. The zero-order chi connectivity index (χ0) is 19.8. The van der Waals surface area contributed by atoms with Crippen LogP contribution in [0.15, 0.2) is 30.5 Å². The largest absolute Gasteiger partial charge is 0.480 e. The van der Waals surface area contributed by atoms with Crippen molar-refractivity contribution in [2.45, 2.75) is 44.9 Å². The molecular formula is C19H21FN2O5. The summed E-state index contributed by atoms with van der Waals surface area (Å²) in [5.41, 5.74) is -0.742. The van der Waals surface area contributed by atoms with Gasteiger partial charge in [-0.3, -0.25) is 4.90 Å². The summed E-state index contributed by atoms with van der Waals surface area (Å²) in [4.78, 5) is 29.2. The molecule has 2 heterocycles. The van der Waals surface area contributed by atoms with Crippen LogP contribution in [0, 0.1) is 5.82 Å². The number of amides is 1. The Morgan fingerprint density at radius 3 is 2.67 bits per heavy atom. The van der Waals surface area contributed by atoms with E-state index in [1.165, 1.54) is 12.3 Å². The number of aliphatic carboxylic acids is 1. The quantitative estimate of drug-likeness (QED) is 0.885. The van der Waals surface area contributed by atoms with Crippen LogP contribution in [0.4, 0.5) is 9.18 Å². The number of rotatable bonds is 3. The van der Waals surface area contributed by atoms with Crippen LogP contribution in [0.1, 0.15) is 27.2 Å². The van der Waals surface area contributed by atoms with Gasteiger partial charge in [-0.2, -0.15) is 0 Å². The second-order valence-corrected chi connectivity index (χ2v) is 7.41. The molecule has 1 aromatic heterocycles. The Labute approximate surface area is 155 Å². The molecule has 2 aromatic rings. The minimum Gasteiger partial charge on any atom is -0.480 e. The second-order valence-electron chi connectivity index (χ2n) is 7.41. The third kappa shape index (κ3) is 4.10. The number of carbonyl (C=O) groups is 2. The molecule has 1 saturated heterocycles. The zero-order valence-corrected chi connectivity index (χ0v) is 15.3. The van der Waals surface area contributed by atoms with Crippen LogP contribution in [0.3, 0.4) is 0 Å². The van der Waals surface area contributed by atoms with Gasteiger partial charge in [0.1, 0.15) is 23.6 Å². The molecule has 0 saturated carbocycles. The highest BCUT2D eigenvalue weighted by Crippen LogP contribution is 2.29. The molecule has 3 rings (SSSR count). The maximum absolute atomic E-state index is 13.9. The fraction of sp³-hybridized carbons (Fsp3) is 0.421. The van der Waals surface area contributed by atoms with E-state index in [4.69, 9.17) is 9.47 Å². The number of carbonyl (C=O) groups excluding carboxylic acids is 1. The normalized spacial score (nSPS) is 19.9. The Balaban J connectivity index is 1.82. The predicted molar refractivity (Wildman–Crippen MR) is 95.1 cm³/mol. The van der Waals surface area contributed by atoms with Crippen molar-refractivity contribution in [2.24, 2.45) is 0 Å². The van der Waals surface area contributed by atoms with Gasteiger partial charge in [0.2, 0.25) is 5.88 Å². The highest BCUT2D eigenvalue weighted by molar-refractivity contribution is 5.87. The lowest BCUT2D eigenvalue weighted by atomic mass is 10.1. The van der Waals surface area contributed by atoms with Gasteiger partial charge >= 0.3 is 12.1 Å². The number of fused-ring (bicyclic) bond motifs is 1. The maximum atomic E-state index is 13.9. The lowest BCUT2D eigenvalue weighted by Gasteiger charge is -2.26. The average Bonchev–Trinajstić information content (AvgIpc) is 2.99. The molecule has 2 unspecified atom stereocenters. The highest BCUT2D eigenvalue weighted by atomic mass is 19.1. The Kier molecular flexibility index (Phi) is 4.91. The second kappa shape index (κ2) is 7.02. The maximum Gasteiger partial charge on any atom is 0.411 e. The molecule has 0 radical (unpaired) electrons. The van der Waals surface area contributed by atoms with Gasteiger partial charge in [0.25, 0.3) is 0 Å². The van der Waals surface area contributed by atoms with Crippen molar-refractivity contribution in [3.8, 4) is 5.88 Å². The fourth-order valence-electron chi connectivity index (χ4n) is 3.03. The zero-order valence-electron chi connectivity index (χ0n) is 15.3. The summed E-state index contributed by atoms with van der Waals surface area (Å²) in [7, 11) is 0. The van der Waals surface area contributed by atoms with Gasteiger partial charge in [0, 0.05) is 23.4 Å². The third-order valence-corrected chi connectivity index (χ3v) is 4.17. The van der Waals surface area contributed by atoms with Gasteiger partial charge in [-0.25, -0.2) is 19.0 Å². The minimum absolute atomic E-state index is 0.0409. The summed E-state index contributed by atoms with van der Waals surface area (Å²) >= 11 is 0. The summed E-state index contributed by atoms with van der Waals surface area (Å²) in [6.07, 6.45) is 0.204. The Morgan fingerprint density at radius 1 is 1.26 bits per heavy atom. The smallest absolute Gasteiger partial charge is 0.411 e. The first-order valence-corrected chi connectivity index (χ1v) is 8.58. The van der Waals surface area contributed by atoms with Crippen LogP contribution in [0.5, 0.6) is 5.88 Å². The SMILES string of the molecule is CC(C)(C)OC(=O)N1CC(Oc2nccc3c(F)cccc23)CC1C(=O)O. The fourth-order valence-corrected chi connectivity index (χ4v) is 3.03. The number of pyridine rings is 1. The van der Waals surface area contributed by atoms with Crippen molar-refractivity contribution in [1.82, 2.24) is 9.88 Å². The van der Waals surface area contributed by atoms with Crippen LogP contribution in [0.25, 0.3) is 10.8 Å². The molecule has 0 bridgehead atoms. The number of likely N-dealkylation sites (tertiary alicyclic amines) is 1. The van der Waals surface area contributed by atoms with E-state index in [1.54, 1.807) is 39.0 Å². The Morgan fingerprint density at radius 2 is 2.00 bits per heavy atom.